The van der Waals surface area contributed by atoms with Crippen LogP contribution in [0.1, 0.15) is 25.7 Å². The predicted molar refractivity (Wildman–Crippen MR) is 58.9 cm³/mol. The van der Waals surface area contributed by atoms with Crippen LogP contribution in [0.15, 0.2) is 0 Å². The van der Waals surface area contributed by atoms with E-state index in [0.29, 0.717) is 19.0 Å². The topological polar surface area (TPSA) is 90.2 Å². The molecule has 0 bridgehead atoms. The summed E-state index contributed by atoms with van der Waals surface area (Å²) in [5.41, 5.74) is 0. The van der Waals surface area contributed by atoms with Gasteiger partial charge in [-0.1, -0.05) is 6.42 Å². The average molecular weight is 253 g/mol. The summed E-state index contributed by atoms with van der Waals surface area (Å²) in [5, 5.41) is 8.76. The summed E-state index contributed by atoms with van der Waals surface area (Å²) in [6.07, 6.45) is 4.15. The maximum absolute atomic E-state index is 10.5. The Morgan fingerprint density at radius 1 is 1.31 bits per heavy atom. The molecule has 0 aromatic carbocycles. The van der Waals surface area contributed by atoms with E-state index in [1.807, 2.05) is 0 Å². The van der Waals surface area contributed by atoms with Crippen molar-refractivity contribution >= 4 is 7.82 Å². The molecule has 0 aliphatic heterocycles. The fourth-order valence-electron chi connectivity index (χ4n) is 1.78. The van der Waals surface area contributed by atoms with E-state index >= 15 is 0 Å². The van der Waals surface area contributed by atoms with Gasteiger partial charge in [0.15, 0.2) is 0 Å². The van der Waals surface area contributed by atoms with E-state index in [4.69, 9.17) is 14.9 Å². The summed E-state index contributed by atoms with van der Waals surface area (Å²) < 4.78 is 14.9. The number of rotatable bonds is 8. The van der Waals surface area contributed by atoms with Crippen LogP contribution in [-0.2, 0) is 9.09 Å². The first-order valence-corrected chi connectivity index (χ1v) is 7.11. The summed E-state index contributed by atoms with van der Waals surface area (Å²) in [6, 6.07) is 0.493. The van der Waals surface area contributed by atoms with E-state index in [-0.39, 0.29) is 13.2 Å². The molecule has 3 N–H and O–H groups in total. The molecule has 6 nitrogen and oxygen atoms in total. The molecule has 1 rings (SSSR count). The smallest absolute Gasteiger partial charge is 0.396 e. The first-order valence-electron chi connectivity index (χ1n) is 5.58. The van der Waals surface area contributed by atoms with Gasteiger partial charge < -0.3 is 14.9 Å². The largest absolute Gasteiger partial charge is 0.469 e. The third kappa shape index (κ3) is 5.39. The molecule has 1 saturated carbocycles. The van der Waals surface area contributed by atoms with Gasteiger partial charge in [0, 0.05) is 25.7 Å². The monoisotopic (exact) mass is 253 g/mol. The van der Waals surface area contributed by atoms with E-state index < -0.39 is 7.82 Å². The Bertz CT molecular complexity index is 240. The van der Waals surface area contributed by atoms with Gasteiger partial charge in [0.05, 0.1) is 6.61 Å². The summed E-state index contributed by atoms with van der Waals surface area (Å²) in [6.45, 7) is 1.44. The number of hydrogen-bond acceptors (Lipinski definition) is 4. The van der Waals surface area contributed by atoms with Gasteiger partial charge in [-0.2, -0.15) is 0 Å². The maximum atomic E-state index is 10.5. The maximum Gasteiger partial charge on any atom is 0.469 e. The molecule has 16 heavy (non-hydrogen) atoms. The second-order valence-electron chi connectivity index (χ2n) is 4.02. The molecule has 0 atom stereocenters. The Hall–Kier alpha value is 0.0300. The Labute approximate surface area is 95.5 Å². The van der Waals surface area contributed by atoms with Gasteiger partial charge in [-0.25, -0.2) is 4.57 Å². The quantitative estimate of drug-likeness (QED) is 0.540. The van der Waals surface area contributed by atoms with Crippen molar-refractivity contribution in [1.29, 1.82) is 0 Å². The minimum atomic E-state index is -4.34. The minimum Gasteiger partial charge on any atom is -0.396 e. The van der Waals surface area contributed by atoms with Gasteiger partial charge >= 0.3 is 7.82 Å². The lowest BCUT2D eigenvalue weighted by Crippen LogP contribution is -2.42. The molecule has 0 amide bonds. The van der Waals surface area contributed by atoms with Crippen LogP contribution in [0.4, 0.5) is 0 Å². The first kappa shape index (κ1) is 14.1. The fourth-order valence-corrected chi connectivity index (χ4v) is 2.10. The van der Waals surface area contributed by atoms with Crippen molar-refractivity contribution in [2.75, 3.05) is 26.3 Å². The van der Waals surface area contributed by atoms with E-state index in [9.17, 15) is 4.57 Å². The van der Waals surface area contributed by atoms with Gasteiger partial charge in [-0.05, 0) is 19.3 Å². The lowest BCUT2D eigenvalue weighted by molar-refractivity contribution is 0.0892. The summed E-state index contributed by atoms with van der Waals surface area (Å²) in [4.78, 5) is 19.2. The van der Waals surface area contributed by atoms with Crippen molar-refractivity contribution in [2.24, 2.45) is 0 Å². The van der Waals surface area contributed by atoms with Crippen LogP contribution in [0.2, 0.25) is 0 Å². The molecule has 7 heteroatoms. The first-order chi connectivity index (χ1) is 7.53. The number of hydrogen-bond donors (Lipinski definition) is 3. The van der Waals surface area contributed by atoms with Crippen molar-refractivity contribution in [3.8, 4) is 0 Å². The molecule has 1 fully saturated rings. The zero-order chi connectivity index (χ0) is 12.0. The van der Waals surface area contributed by atoms with Crippen LogP contribution in [-0.4, -0.2) is 52.1 Å². The van der Waals surface area contributed by atoms with Crippen molar-refractivity contribution in [2.45, 2.75) is 31.7 Å². The summed E-state index contributed by atoms with van der Waals surface area (Å²) in [7, 11) is -4.34. The predicted octanol–water partition coefficient (Wildman–Crippen LogP) is 0.333. The second-order valence-corrected chi connectivity index (χ2v) is 5.26. The Balaban J connectivity index is 2.23. The summed E-state index contributed by atoms with van der Waals surface area (Å²) in [5.74, 6) is 0. The molecule has 0 aromatic heterocycles. The van der Waals surface area contributed by atoms with Crippen molar-refractivity contribution in [1.82, 2.24) is 4.90 Å². The lowest BCUT2D eigenvalue weighted by atomic mass is 9.91. The second kappa shape index (κ2) is 6.69. The highest BCUT2D eigenvalue weighted by molar-refractivity contribution is 7.46. The third-order valence-electron chi connectivity index (χ3n) is 2.83. The number of phosphoric acid groups is 1. The van der Waals surface area contributed by atoms with Gasteiger partial charge in [0.2, 0.25) is 0 Å². The minimum absolute atomic E-state index is 0.0339. The number of phosphoric ester groups is 1. The highest BCUT2D eigenvalue weighted by Crippen LogP contribution is 2.35. The summed E-state index contributed by atoms with van der Waals surface area (Å²) >= 11 is 0. The molecule has 1 aliphatic carbocycles. The molecular weight excluding hydrogens is 233 g/mol. The van der Waals surface area contributed by atoms with Crippen molar-refractivity contribution < 1.29 is 24.0 Å². The molecule has 1 aliphatic rings. The molecule has 0 unspecified atom stereocenters. The van der Waals surface area contributed by atoms with Crippen LogP contribution < -0.4 is 0 Å². The number of nitrogens with zero attached hydrogens (tertiary/aromatic N) is 1. The molecule has 0 aromatic rings. The Morgan fingerprint density at radius 2 is 2.00 bits per heavy atom. The fraction of sp³-hybridized carbons (Fsp3) is 1.00. The van der Waals surface area contributed by atoms with E-state index in [1.165, 1.54) is 6.42 Å². The van der Waals surface area contributed by atoms with Crippen molar-refractivity contribution in [3.63, 3.8) is 0 Å². The normalized spacial score (nSPS) is 17.8. The molecule has 0 radical (unpaired) electrons. The molecule has 0 saturated heterocycles. The molecular formula is C9H20NO5P. The number of aliphatic hydroxyl groups excluding tert-OH is 1. The average Bonchev–Trinajstić information content (AvgIpc) is 2.08. The SMILES string of the molecule is O=P(O)(O)OCCN(CCCO)C1CCC1. The van der Waals surface area contributed by atoms with E-state index in [2.05, 4.69) is 9.42 Å². The standard InChI is InChI=1S/C9H20NO5P/c11-7-2-5-10(9-3-1-4-9)6-8-15-16(12,13)14/h9,11H,1-8H2,(H2,12,13,14). The van der Waals surface area contributed by atoms with Crippen molar-refractivity contribution in [3.05, 3.63) is 0 Å². The van der Waals surface area contributed by atoms with Gasteiger partial charge in [0.25, 0.3) is 0 Å². The van der Waals surface area contributed by atoms with E-state index in [0.717, 1.165) is 19.4 Å². The molecule has 96 valence electrons. The lowest BCUT2D eigenvalue weighted by Gasteiger charge is -2.37. The van der Waals surface area contributed by atoms with Gasteiger partial charge in [-0.3, -0.25) is 9.42 Å². The zero-order valence-corrected chi connectivity index (χ0v) is 10.2. The van der Waals surface area contributed by atoms with Gasteiger partial charge in [0.1, 0.15) is 0 Å². The van der Waals surface area contributed by atoms with Crippen LogP contribution in [0.25, 0.3) is 0 Å². The van der Waals surface area contributed by atoms with E-state index in [1.54, 1.807) is 0 Å². The third-order valence-corrected chi connectivity index (χ3v) is 3.35. The zero-order valence-electron chi connectivity index (χ0n) is 9.29. The Kier molecular flexibility index (Phi) is 5.89. The molecule has 0 spiro atoms. The number of aliphatic hydroxyl groups is 1. The highest BCUT2D eigenvalue weighted by Gasteiger charge is 2.25. The highest BCUT2D eigenvalue weighted by atomic mass is 31.2. The van der Waals surface area contributed by atoms with Crippen LogP contribution in [0.3, 0.4) is 0 Å². The Morgan fingerprint density at radius 3 is 2.44 bits per heavy atom. The van der Waals surface area contributed by atoms with Gasteiger partial charge in [-0.15, -0.1) is 0 Å². The van der Waals surface area contributed by atoms with Crippen LogP contribution >= 0.6 is 7.82 Å². The van der Waals surface area contributed by atoms with Crippen LogP contribution in [0, 0.1) is 0 Å². The van der Waals surface area contributed by atoms with Crippen LogP contribution in [0.5, 0.6) is 0 Å². The molecule has 0 heterocycles.